The van der Waals surface area contributed by atoms with Gasteiger partial charge in [-0.2, -0.15) is 0 Å². The van der Waals surface area contributed by atoms with Gasteiger partial charge in [-0.25, -0.2) is 18.8 Å². The highest BCUT2D eigenvalue weighted by molar-refractivity contribution is 6.30. The molecule has 38 heavy (non-hydrogen) atoms. The zero-order chi connectivity index (χ0) is 27.1. The van der Waals surface area contributed by atoms with Crippen molar-refractivity contribution in [3.8, 4) is 5.75 Å². The number of carboxylic acids is 1. The minimum absolute atomic E-state index is 0.0458. The minimum atomic E-state index is -1.16. The molecule has 0 unspecified atom stereocenters. The predicted octanol–water partition coefficient (Wildman–Crippen LogP) is 3.14. The third-order valence-corrected chi connectivity index (χ3v) is 7.04. The second-order valence-electron chi connectivity index (χ2n) is 9.20. The summed E-state index contributed by atoms with van der Waals surface area (Å²) >= 11 is 5.81. The van der Waals surface area contributed by atoms with Gasteiger partial charge in [0.1, 0.15) is 17.6 Å². The molecule has 3 aromatic rings. The van der Waals surface area contributed by atoms with E-state index in [1.807, 2.05) is 0 Å². The first-order valence-corrected chi connectivity index (χ1v) is 12.1. The van der Waals surface area contributed by atoms with E-state index < -0.39 is 42.4 Å². The second-order valence-corrected chi connectivity index (χ2v) is 9.60. The number of hydrogen-bond donors (Lipinski definition) is 4. The number of carbonyl (C=O) groups excluding carboxylic acids is 3. The van der Waals surface area contributed by atoms with Crippen molar-refractivity contribution in [2.75, 3.05) is 11.9 Å². The molecule has 1 aliphatic heterocycles. The Morgan fingerprint density at radius 3 is 2.71 bits per heavy atom. The van der Waals surface area contributed by atoms with E-state index in [0.29, 0.717) is 17.3 Å². The van der Waals surface area contributed by atoms with Crippen LogP contribution >= 0.6 is 11.6 Å². The lowest BCUT2D eigenvalue weighted by Crippen LogP contribution is -2.49. The van der Waals surface area contributed by atoms with Crippen molar-refractivity contribution < 1.29 is 33.4 Å². The van der Waals surface area contributed by atoms with Crippen molar-refractivity contribution in [3.05, 3.63) is 59.0 Å². The number of nitrogens with zero attached hydrogens (tertiary/aromatic N) is 2. The molecule has 0 spiro atoms. The zero-order valence-electron chi connectivity index (χ0n) is 19.8. The first-order chi connectivity index (χ1) is 18.1. The molecule has 5 rings (SSSR count). The van der Waals surface area contributed by atoms with E-state index in [1.165, 1.54) is 35.4 Å². The lowest BCUT2D eigenvalue weighted by atomic mass is 10.1. The van der Waals surface area contributed by atoms with Gasteiger partial charge in [-0.3, -0.25) is 9.36 Å². The van der Waals surface area contributed by atoms with Crippen LogP contribution in [0.15, 0.2) is 42.6 Å². The fourth-order valence-corrected chi connectivity index (χ4v) is 5.07. The van der Waals surface area contributed by atoms with Crippen molar-refractivity contribution in [1.82, 2.24) is 14.8 Å². The molecule has 2 fully saturated rings. The summed E-state index contributed by atoms with van der Waals surface area (Å²) in [5, 5.41) is 14.7. The Kier molecular flexibility index (Phi) is 6.57. The number of fused-ring (bicyclic) bond motifs is 2. The highest BCUT2D eigenvalue weighted by Crippen LogP contribution is 2.48. The molecule has 2 heterocycles. The van der Waals surface area contributed by atoms with Crippen LogP contribution in [0.1, 0.15) is 18.4 Å². The average Bonchev–Trinajstić information content (AvgIpc) is 3.39. The van der Waals surface area contributed by atoms with Gasteiger partial charge in [0.05, 0.1) is 16.2 Å². The number of amides is 4. The van der Waals surface area contributed by atoms with Crippen LogP contribution < -0.4 is 21.1 Å². The van der Waals surface area contributed by atoms with Gasteiger partial charge in [0, 0.05) is 35.8 Å². The van der Waals surface area contributed by atoms with Crippen molar-refractivity contribution in [3.63, 3.8) is 0 Å². The summed E-state index contributed by atoms with van der Waals surface area (Å²) in [6.45, 7) is -0.651. The van der Waals surface area contributed by atoms with Crippen LogP contribution in [-0.2, 0) is 16.1 Å². The first-order valence-electron chi connectivity index (χ1n) is 11.7. The van der Waals surface area contributed by atoms with Crippen LogP contribution in [0.25, 0.3) is 10.9 Å². The number of hydrogen-bond acceptors (Lipinski definition) is 5. The van der Waals surface area contributed by atoms with Gasteiger partial charge in [-0.1, -0.05) is 23.7 Å². The monoisotopic (exact) mass is 543 g/mol. The number of urea groups is 1. The Hall–Kier alpha value is -4.32. The largest absolute Gasteiger partial charge is 0.482 e. The number of primary amides is 1. The Bertz CT molecular complexity index is 1480. The lowest BCUT2D eigenvalue weighted by Gasteiger charge is -2.27. The molecule has 1 aromatic heterocycles. The third kappa shape index (κ3) is 4.82. The first kappa shape index (κ1) is 25.3. The van der Waals surface area contributed by atoms with E-state index in [-0.39, 0.29) is 40.5 Å². The number of benzene rings is 2. The number of nitrogens with one attached hydrogen (secondary N) is 2. The van der Waals surface area contributed by atoms with Gasteiger partial charge in [-0.05, 0) is 37.0 Å². The molecule has 4 amide bonds. The van der Waals surface area contributed by atoms with E-state index in [2.05, 4.69) is 10.6 Å². The van der Waals surface area contributed by atoms with Crippen molar-refractivity contribution in [2.24, 2.45) is 11.7 Å². The molecular weight excluding hydrogens is 521 g/mol. The number of anilines is 1. The maximum atomic E-state index is 14.2. The maximum Gasteiger partial charge on any atom is 0.341 e. The number of carbonyl (C=O) groups is 4. The Morgan fingerprint density at radius 1 is 1.18 bits per heavy atom. The predicted molar refractivity (Wildman–Crippen MR) is 134 cm³/mol. The summed E-state index contributed by atoms with van der Waals surface area (Å²) < 4.78 is 20.5. The molecule has 2 aliphatic rings. The number of nitrogens with two attached hydrogens (primary N) is 1. The third-order valence-electron chi connectivity index (χ3n) is 6.74. The molecular formula is C25H23ClFN5O6. The van der Waals surface area contributed by atoms with E-state index >= 15 is 0 Å². The average molecular weight is 544 g/mol. The maximum absolute atomic E-state index is 14.2. The smallest absolute Gasteiger partial charge is 0.341 e. The molecule has 0 bridgehead atoms. The number of ether oxygens (including phenoxy) is 1. The molecule has 1 saturated carbocycles. The minimum Gasteiger partial charge on any atom is -0.482 e. The van der Waals surface area contributed by atoms with Gasteiger partial charge in [-0.15, -0.1) is 0 Å². The molecule has 0 radical (unpaired) electrons. The number of halogens is 2. The summed E-state index contributed by atoms with van der Waals surface area (Å²) in [5.74, 6) is -1.79. The van der Waals surface area contributed by atoms with Crippen LogP contribution in [-0.4, -0.2) is 57.2 Å². The summed E-state index contributed by atoms with van der Waals surface area (Å²) in [4.78, 5) is 50.6. The van der Waals surface area contributed by atoms with Crippen LogP contribution in [0.2, 0.25) is 5.02 Å². The molecule has 198 valence electrons. The number of aromatic nitrogens is 1. The summed E-state index contributed by atoms with van der Waals surface area (Å²) in [6, 6.07) is 6.83. The zero-order valence-corrected chi connectivity index (χ0v) is 20.6. The van der Waals surface area contributed by atoms with Gasteiger partial charge in [0.2, 0.25) is 5.91 Å². The number of likely N-dealkylation sites (tertiary alicyclic amines) is 1. The highest BCUT2D eigenvalue weighted by atomic mass is 35.5. The molecule has 2 aromatic carbocycles. The normalized spacial score (nSPS) is 19.6. The van der Waals surface area contributed by atoms with E-state index in [4.69, 9.17) is 27.2 Å². The highest BCUT2D eigenvalue weighted by Gasteiger charge is 2.56. The standard InChI is InChI=1S/C25H23ClFN5O6/c26-16-3-1-2-12(22(16)27)9-29-23(35)20-7-13-6-18(13)32(20)25(37)30-17-10-31(24(28)36)19-8-14(4-5-15(17)19)38-11-21(33)34/h1-5,8,10,13,18,20H,6-7,9,11H2,(H2,28,36)(H,29,35)(H,30,37)(H,33,34)/t13-,18-,20+/m1/s1. The number of rotatable bonds is 7. The summed E-state index contributed by atoms with van der Waals surface area (Å²) in [5.41, 5.74) is 6.30. The second kappa shape index (κ2) is 9.86. The molecule has 5 N–H and O–H groups in total. The Balaban J connectivity index is 1.33. The fraction of sp³-hybridized carbons (Fsp3) is 0.280. The number of aliphatic carboxylic acids is 1. The van der Waals surface area contributed by atoms with Gasteiger partial charge >= 0.3 is 18.0 Å². The van der Waals surface area contributed by atoms with E-state index in [9.17, 15) is 23.6 Å². The molecule has 13 heteroatoms. The Labute approximate surface area is 220 Å². The van der Waals surface area contributed by atoms with Crippen LogP contribution in [0, 0.1) is 11.7 Å². The number of piperidine rings is 1. The van der Waals surface area contributed by atoms with Crippen LogP contribution in [0.4, 0.5) is 19.7 Å². The van der Waals surface area contributed by atoms with Crippen molar-refractivity contribution in [2.45, 2.75) is 31.5 Å². The fourth-order valence-electron chi connectivity index (χ4n) is 4.87. The van der Waals surface area contributed by atoms with Crippen molar-refractivity contribution in [1.29, 1.82) is 0 Å². The topological polar surface area (TPSA) is 156 Å². The summed E-state index contributed by atoms with van der Waals surface area (Å²) in [7, 11) is 0. The van der Waals surface area contributed by atoms with Crippen LogP contribution in [0.3, 0.4) is 0 Å². The SMILES string of the molecule is NC(=O)n1cc(NC(=O)N2[C@@H]3C[C@@H]3C[C@H]2C(=O)NCc2cccc(Cl)c2F)c2ccc(OCC(=O)O)cc21. The summed E-state index contributed by atoms with van der Waals surface area (Å²) in [6.07, 6.45) is 2.60. The molecule has 1 aliphatic carbocycles. The molecule has 1 saturated heterocycles. The number of carboxylic acid groups (broad SMARTS) is 1. The molecule has 11 nitrogen and oxygen atoms in total. The quantitative estimate of drug-likeness (QED) is 0.359. The lowest BCUT2D eigenvalue weighted by molar-refractivity contribution is -0.139. The van der Waals surface area contributed by atoms with Crippen molar-refractivity contribution >= 4 is 52.1 Å². The van der Waals surface area contributed by atoms with Gasteiger partial charge < -0.3 is 31.1 Å². The van der Waals surface area contributed by atoms with E-state index in [1.54, 1.807) is 12.1 Å². The van der Waals surface area contributed by atoms with Crippen LogP contribution in [0.5, 0.6) is 5.75 Å². The van der Waals surface area contributed by atoms with Gasteiger partial charge in [0.15, 0.2) is 6.61 Å². The Morgan fingerprint density at radius 2 is 1.97 bits per heavy atom. The van der Waals surface area contributed by atoms with Gasteiger partial charge in [0.25, 0.3) is 0 Å². The molecule has 3 atom stereocenters. The van der Waals surface area contributed by atoms with E-state index in [0.717, 1.165) is 11.0 Å².